The topological polar surface area (TPSA) is 4.93 Å². The summed E-state index contributed by atoms with van der Waals surface area (Å²) in [6, 6.07) is 31.5. The molecule has 0 radical (unpaired) electrons. The van der Waals surface area contributed by atoms with Gasteiger partial charge < -0.3 is 4.57 Å². The van der Waals surface area contributed by atoms with Gasteiger partial charge >= 0.3 is 0 Å². The first-order valence-corrected chi connectivity index (χ1v) is 10.5. The summed E-state index contributed by atoms with van der Waals surface area (Å²) >= 11 is 0. The molecule has 1 aliphatic rings. The average Bonchev–Trinajstić information content (AvgIpc) is 3.30. The molecule has 1 heteroatoms. The second-order valence-electron chi connectivity index (χ2n) is 8.09. The van der Waals surface area contributed by atoms with E-state index in [9.17, 15) is 0 Å². The summed E-state index contributed by atoms with van der Waals surface area (Å²) in [5.74, 6) is 0. The second kappa shape index (κ2) is 6.35. The van der Waals surface area contributed by atoms with Crippen LogP contribution in [0.3, 0.4) is 0 Å². The van der Waals surface area contributed by atoms with E-state index in [1.54, 1.807) is 0 Å². The van der Waals surface area contributed by atoms with Gasteiger partial charge in [0, 0.05) is 28.4 Å². The van der Waals surface area contributed by atoms with Crippen LogP contribution in [0.25, 0.3) is 32.9 Å². The van der Waals surface area contributed by atoms with Crippen molar-refractivity contribution in [1.29, 1.82) is 0 Å². The summed E-state index contributed by atoms with van der Waals surface area (Å²) < 4.78 is 2.49. The molecule has 1 heterocycles. The van der Waals surface area contributed by atoms with E-state index in [0.717, 1.165) is 19.4 Å². The maximum Gasteiger partial charge on any atom is 0.0497 e. The smallest absolute Gasteiger partial charge is 0.0497 e. The highest BCUT2D eigenvalue weighted by Gasteiger charge is 2.19. The van der Waals surface area contributed by atoms with Gasteiger partial charge in [0.15, 0.2) is 0 Å². The predicted octanol–water partition coefficient (Wildman–Crippen LogP) is 6.98. The second-order valence-corrected chi connectivity index (χ2v) is 8.09. The van der Waals surface area contributed by atoms with E-state index in [-0.39, 0.29) is 0 Å². The number of para-hydroxylation sites is 1. The molecular formula is C28H23N. The Kier molecular flexibility index (Phi) is 3.64. The van der Waals surface area contributed by atoms with E-state index >= 15 is 0 Å². The van der Waals surface area contributed by atoms with E-state index < -0.39 is 0 Å². The van der Waals surface area contributed by atoms with Gasteiger partial charge in [-0.25, -0.2) is 0 Å². The van der Waals surface area contributed by atoms with Crippen LogP contribution in [0.2, 0.25) is 0 Å². The minimum Gasteiger partial charge on any atom is -0.336 e. The molecule has 29 heavy (non-hydrogen) atoms. The summed E-state index contributed by atoms with van der Waals surface area (Å²) in [6.07, 6.45) is 2.11. The number of rotatable bonds is 3. The lowest BCUT2D eigenvalue weighted by atomic mass is 10.0. The van der Waals surface area contributed by atoms with E-state index in [2.05, 4.69) is 96.4 Å². The summed E-state index contributed by atoms with van der Waals surface area (Å²) in [6.45, 7) is 3.14. The molecule has 5 aromatic rings. The van der Waals surface area contributed by atoms with Gasteiger partial charge in [0.2, 0.25) is 0 Å². The highest BCUT2D eigenvalue weighted by Crippen LogP contribution is 2.38. The van der Waals surface area contributed by atoms with E-state index in [4.69, 9.17) is 0 Å². The van der Waals surface area contributed by atoms with Gasteiger partial charge in [0.25, 0.3) is 0 Å². The molecule has 0 bridgehead atoms. The van der Waals surface area contributed by atoms with Crippen LogP contribution in [0.4, 0.5) is 0 Å². The average molecular weight is 373 g/mol. The molecule has 0 N–H and O–H groups in total. The lowest BCUT2D eigenvalue weighted by Crippen LogP contribution is -2.00. The van der Waals surface area contributed by atoms with Crippen LogP contribution in [0.15, 0.2) is 84.9 Å². The Hall–Kier alpha value is -3.32. The Morgan fingerprint density at radius 2 is 1.52 bits per heavy atom. The molecule has 6 rings (SSSR count). The third-order valence-electron chi connectivity index (χ3n) is 6.47. The normalized spacial score (nSPS) is 12.4. The van der Waals surface area contributed by atoms with Gasteiger partial charge in [-0.15, -0.1) is 0 Å². The quantitative estimate of drug-likeness (QED) is 0.315. The zero-order valence-electron chi connectivity index (χ0n) is 16.7. The van der Waals surface area contributed by atoms with Crippen LogP contribution >= 0.6 is 0 Å². The van der Waals surface area contributed by atoms with Crippen molar-refractivity contribution in [3.63, 3.8) is 0 Å². The summed E-state index contributed by atoms with van der Waals surface area (Å²) in [5, 5.41) is 2.78. The number of hydrogen-bond acceptors (Lipinski definition) is 0. The molecule has 1 aliphatic carbocycles. The van der Waals surface area contributed by atoms with Gasteiger partial charge in [-0.3, -0.25) is 0 Å². The molecule has 0 spiro atoms. The largest absolute Gasteiger partial charge is 0.336 e. The Morgan fingerprint density at radius 1 is 0.724 bits per heavy atom. The molecule has 1 nitrogen and oxygen atoms in total. The van der Waals surface area contributed by atoms with Crippen molar-refractivity contribution in [2.75, 3.05) is 0 Å². The van der Waals surface area contributed by atoms with Crippen molar-refractivity contribution in [2.45, 2.75) is 26.3 Å². The van der Waals surface area contributed by atoms with Crippen LogP contribution in [0.5, 0.6) is 0 Å². The van der Waals surface area contributed by atoms with Gasteiger partial charge in [-0.05, 0) is 64.4 Å². The number of fused-ring (bicyclic) bond motifs is 6. The number of nitrogens with zero attached hydrogens (tertiary/aromatic N) is 1. The summed E-state index contributed by atoms with van der Waals surface area (Å²) in [7, 11) is 0. The molecule has 0 saturated heterocycles. The molecule has 0 saturated carbocycles. The standard InChI is InChI=1S/C28H23N/c1-2-20-9-7-13-27-28(20)24-11-5-6-12-26(24)29(27)18-19-14-15-22-17-21-8-3-4-10-23(21)25(22)16-19/h3-16H,2,17-18H2,1H3. The molecule has 140 valence electrons. The van der Waals surface area contributed by atoms with Crippen LogP contribution < -0.4 is 0 Å². The molecule has 4 aromatic carbocycles. The predicted molar refractivity (Wildman–Crippen MR) is 123 cm³/mol. The Bertz CT molecular complexity index is 1390. The van der Waals surface area contributed by atoms with E-state index in [0.29, 0.717) is 0 Å². The summed E-state index contributed by atoms with van der Waals surface area (Å²) in [5.41, 5.74) is 11.2. The van der Waals surface area contributed by atoms with E-state index in [1.165, 1.54) is 55.2 Å². The monoisotopic (exact) mass is 373 g/mol. The Morgan fingerprint density at radius 3 is 2.45 bits per heavy atom. The molecule has 1 aromatic heterocycles. The lowest BCUT2D eigenvalue weighted by molar-refractivity contribution is 0.868. The lowest BCUT2D eigenvalue weighted by Gasteiger charge is -2.10. The van der Waals surface area contributed by atoms with E-state index in [1.807, 2.05) is 0 Å². The summed E-state index contributed by atoms with van der Waals surface area (Å²) in [4.78, 5) is 0. The highest BCUT2D eigenvalue weighted by molar-refractivity contribution is 6.09. The highest BCUT2D eigenvalue weighted by atomic mass is 15.0. The minimum atomic E-state index is 0.895. The number of aryl methyl sites for hydroxylation is 1. The van der Waals surface area contributed by atoms with Crippen molar-refractivity contribution < 1.29 is 0 Å². The first-order chi connectivity index (χ1) is 14.3. The van der Waals surface area contributed by atoms with Crippen molar-refractivity contribution in [1.82, 2.24) is 4.57 Å². The molecule has 0 aliphatic heterocycles. The Balaban J connectivity index is 1.53. The molecule has 0 atom stereocenters. The molecule has 0 amide bonds. The molecule has 0 fully saturated rings. The van der Waals surface area contributed by atoms with Crippen LogP contribution in [-0.4, -0.2) is 4.57 Å². The first kappa shape index (κ1) is 16.6. The Labute approximate surface area is 171 Å². The number of benzene rings is 4. The number of aromatic nitrogens is 1. The fraction of sp³-hybridized carbons (Fsp3) is 0.143. The van der Waals surface area contributed by atoms with Gasteiger partial charge in [-0.2, -0.15) is 0 Å². The molecule has 0 unspecified atom stereocenters. The fourth-order valence-electron chi connectivity index (χ4n) is 5.09. The van der Waals surface area contributed by atoms with Crippen LogP contribution in [0, 0.1) is 0 Å². The fourth-order valence-corrected chi connectivity index (χ4v) is 5.09. The van der Waals surface area contributed by atoms with Crippen molar-refractivity contribution in [3.05, 3.63) is 107 Å². The van der Waals surface area contributed by atoms with Gasteiger partial charge in [0.1, 0.15) is 0 Å². The van der Waals surface area contributed by atoms with Gasteiger partial charge in [-0.1, -0.05) is 73.7 Å². The minimum absolute atomic E-state index is 0.895. The first-order valence-electron chi connectivity index (χ1n) is 10.5. The maximum absolute atomic E-state index is 2.49. The van der Waals surface area contributed by atoms with Crippen molar-refractivity contribution in [3.8, 4) is 11.1 Å². The van der Waals surface area contributed by atoms with Crippen molar-refractivity contribution >= 4 is 21.8 Å². The van der Waals surface area contributed by atoms with Crippen LogP contribution in [0.1, 0.15) is 29.2 Å². The number of hydrogen-bond donors (Lipinski definition) is 0. The van der Waals surface area contributed by atoms with Crippen molar-refractivity contribution in [2.24, 2.45) is 0 Å². The van der Waals surface area contributed by atoms with Gasteiger partial charge in [0.05, 0.1) is 0 Å². The maximum atomic E-state index is 2.49. The zero-order chi connectivity index (χ0) is 19.4. The third kappa shape index (κ3) is 2.47. The SMILES string of the molecule is CCc1cccc2c1c1ccccc1n2Cc1ccc2c(c1)-c1ccccc1C2. The molecular weight excluding hydrogens is 350 g/mol. The van der Waals surface area contributed by atoms with Crippen LogP contribution in [-0.2, 0) is 19.4 Å². The third-order valence-corrected chi connectivity index (χ3v) is 6.47. The zero-order valence-corrected chi connectivity index (χ0v) is 16.7.